The summed E-state index contributed by atoms with van der Waals surface area (Å²) in [5, 5.41) is 0. The molecule has 0 spiro atoms. The Balaban J connectivity index is 0.832. The van der Waals surface area contributed by atoms with E-state index in [9.17, 15) is 8.78 Å². The third-order valence-electron chi connectivity index (χ3n) is 16.3. The fourth-order valence-electron chi connectivity index (χ4n) is 11.1. The van der Waals surface area contributed by atoms with E-state index in [0.717, 1.165) is 188 Å². The number of unbranched alkanes of at least 4 members (excludes halogenated alkanes) is 6. The van der Waals surface area contributed by atoms with E-state index in [4.69, 9.17) is 28.4 Å². The first-order valence-corrected chi connectivity index (χ1v) is 28.4. The van der Waals surface area contributed by atoms with Crippen molar-refractivity contribution in [3.05, 3.63) is 168 Å². The molecule has 0 atom stereocenters. The third kappa shape index (κ3) is 14.0. The Morgan fingerprint density at radius 2 is 0.711 bits per heavy atom. The summed E-state index contributed by atoms with van der Waals surface area (Å²) in [5.74, 6) is 1.12. The average Bonchev–Trinajstić information content (AvgIpc) is 3.44. The van der Waals surface area contributed by atoms with Gasteiger partial charge in [0.2, 0.25) is 0 Å². The number of hydrogen-bond donors (Lipinski definition) is 0. The van der Waals surface area contributed by atoms with E-state index in [1.807, 2.05) is 48.5 Å². The van der Waals surface area contributed by atoms with E-state index in [0.29, 0.717) is 13.2 Å². The van der Waals surface area contributed by atoms with Crippen molar-refractivity contribution < 1.29 is 37.2 Å². The number of benzene rings is 6. The number of halogens is 2. The smallest absolute Gasteiger partial charge is 0.123 e. The molecule has 3 fully saturated rings. The predicted octanol–water partition coefficient (Wildman–Crippen LogP) is 16.9. The van der Waals surface area contributed by atoms with E-state index in [2.05, 4.69) is 96.4 Å². The molecule has 0 amide bonds. The summed E-state index contributed by atoms with van der Waals surface area (Å²) in [6.07, 6.45) is 16.4. The van der Waals surface area contributed by atoms with Gasteiger partial charge < -0.3 is 38.2 Å². The minimum atomic E-state index is -0.270. The molecule has 0 unspecified atom stereocenters. The molecule has 10 heteroatoms. The molecule has 6 aromatic rings. The highest BCUT2D eigenvalue weighted by Gasteiger charge is 2.38. The topological polar surface area (TPSA) is 61.9 Å². The molecule has 404 valence electrons. The van der Waals surface area contributed by atoms with Gasteiger partial charge in [-0.2, -0.15) is 0 Å². The van der Waals surface area contributed by atoms with Crippen LogP contribution in [0.2, 0.25) is 0 Å². The van der Waals surface area contributed by atoms with Crippen LogP contribution in [0.4, 0.5) is 42.9 Å². The average molecular weight is 1040 g/mol. The lowest BCUT2D eigenvalue weighted by atomic mass is 9.65. The van der Waals surface area contributed by atoms with Crippen molar-refractivity contribution in [2.75, 3.05) is 75.9 Å². The van der Waals surface area contributed by atoms with Crippen LogP contribution in [0.3, 0.4) is 0 Å². The number of hydrogen-bond acceptors (Lipinski definition) is 8. The van der Waals surface area contributed by atoms with Gasteiger partial charge in [0.05, 0.1) is 52.9 Å². The molecular weight excluding hydrogens is 955 g/mol. The van der Waals surface area contributed by atoms with Gasteiger partial charge in [-0.05, 0) is 197 Å². The Morgan fingerprint density at radius 3 is 1.03 bits per heavy atom. The van der Waals surface area contributed by atoms with Crippen LogP contribution in [0, 0.1) is 22.5 Å². The van der Waals surface area contributed by atoms with Crippen LogP contribution in [0.1, 0.15) is 121 Å². The van der Waals surface area contributed by atoms with E-state index in [-0.39, 0.29) is 27.9 Å². The molecule has 9 rings (SSSR count). The minimum absolute atomic E-state index is 0.164. The molecule has 0 bridgehead atoms. The van der Waals surface area contributed by atoms with Gasteiger partial charge in [-0.15, -0.1) is 0 Å². The van der Waals surface area contributed by atoms with Crippen molar-refractivity contribution in [3.63, 3.8) is 0 Å². The first-order chi connectivity index (χ1) is 37.3. The van der Waals surface area contributed by atoms with Crippen molar-refractivity contribution in [2.45, 2.75) is 116 Å². The number of nitrogens with zero attached hydrogens (tertiary/aromatic N) is 2. The predicted molar refractivity (Wildman–Crippen MR) is 303 cm³/mol. The second-order valence-corrected chi connectivity index (χ2v) is 21.7. The Morgan fingerprint density at radius 1 is 0.395 bits per heavy atom. The maximum atomic E-state index is 14.3. The number of ether oxygens (including phenoxy) is 6. The number of anilines is 6. The maximum Gasteiger partial charge on any atom is 0.123 e. The van der Waals surface area contributed by atoms with Crippen molar-refractivity contribution in [3.8, 4) is 11.5 Å². The molecule has 76 heavy (non-hydrogen) atoms. The van der Waals surface area contributed by atoms with Crippen LogP contribution in [0.15, 0.2) is 146 Å². The van der Waals surface area contributed by atoms with Gasteiger partial charge in [-0.3, -0.25) is 0 Å². The van der Waals surface area contributed by atoms with Crippen molar-refractivity contribution >= 4 is 34.1 Å². The molecule has 2 saturated heterocycles. The van der Waals surface area contributed by atoms with Gasteiger partial charge >= 0.3 is 0 Å². The van der Waals surface area contributed by atoms with Crippen LogP contribution >= 0.6 is 0 Å². The zero-order valence-electron chi connectivity index (χ0n) is 45.1. The van der Waals surface area contributed by atoms with Crippen LogP contribution in [0.25, 0.3) is 0 Å². The molecule has 8 nitrogen and oxygen atoms in total. The van der Waals surface area contributed by atoms with Gasteiger partial charge in [0, 0.05) is 63.6 Å². The lowest BCUT2D eigenvalue weighted by Crippen LogP contribution is -2.45. The normalized spacial score (nSPS) is 16.3. The van der Waals surface area contributed by atoms with Gasteiger partial charge in [0.25, 0.3) is 0 Å². The molecule has 0 radical (unpaired) electrons. The lowest BCUT2D eigenvalue weighted by Gasteiger charge is -2.40. The summed E-state index contributed by atoms with van der Waals surface area (Å²) in [6.45, 7) is 12.3. The zero-order valence-corrected chi connectivity index (χ0v) is 45.1. The maximum absolute atomic E-state index is 14.3. The third-order valence-corrected chi connectivity index (χ3v) is 16.3. The van der Waals surface area contributed by atoms with Gasteiger partial charge in [0.1, 0.15) is 23.1 Å². The Hall–Kier alpha value is -5.78. The Kier molecular flexibility index (Phi) is 19.5. The summed E-state index contributed by atoms with van der Waals surface area (Å²) in [4.78, 5) is 4.35. The monoisotopic (exact) mass is 1030 g/mol. The highest BCUT2D eigenvalue weighted by atomic mass is 19.1. The standard InChI is InChI=1S/C66H80F2N2O6/c1-3-64(48-73-49-64)46-71-42-12-5-7-14-44-75-62-36-32-60(33-37-62)69(58-28-20-54(67)21-29-58)56-24-16-52(17-25-56)66(40-10-9-11-41-66)53-18-26-57(27-19-53)70(59-30-22-55(68)23-31-59)61-34-38-63(39-35-61)76-45-15-8-6-13-43-72-47-65(4-2)50-74-51-65/h16-39H,3-15,40-51H2,1-2H3. The fraction of sp³-hybridized carbons (Fsp3) is 0.455. The summed E-state index contributed by atoms with van der Waals surface area (Å²) in [5.41, 5.74) is 8.54. The molecule has 3 aliphatic rings. The van der Waals surface area contributed by atoms with E-state index in [1.165, 1.54) is 41.8 Å². The largest absolute Gasteiger partial charge is 0.494 e. The van der Waals surface area contributed by atoms with E-state index < -0.39 is 0 Å². The first-order valence-electron chi connectivity index (χ1n) is 28.4. The Labute approximate surface area is 451 Å². The van der Waals surface area contributed by atoms with E-state index >= 15 is 0 Å². The molecule has 2 aliphatic heterocycles. The molecule has 0 N–H and O–H groups in total. The first kappa shape index (κ1) is 55.0. The van der Waals surface area contributed by atoms with Crippen LogP contribution in [-0.4, -0.2) is 66.1 Å². The Bertz CT molecular complexity index is 2440. The van der Waals surface area contributed by atoms with Crippen molar-refractivity contribution in [1.82, 2.24) is 0 Å². The second kappa shape index (κ2) is 27.0. The van der Waals surface area contributed by atoms with Gasteiger partial charge in [-0.25, -0.2) is 8.78 Å². The fourth-order valence-corrected chi connectivity index (χ4v) is 11.1. The lowest BCUT2D eigenvalue weighted by molar-refractivity contribution is -0.150. The van der Waals surface area contributed by atoms with Crippen LogP contribution < -0.4 is 19.3 Å². The van der Waals surface area contributed by atoms with Crippen molar-refractivity contribution in [1.29, 1.82) is 0 Å². The molecule has 6 aromatic carbocycles. The molecule has 2 heterocycles. The molecule has 0 aromatic heterocycles. The summed E-state index contributed by atoms with van der Waals surface area (Å²) in [7, 11) is 0. The quantitative estimate of drug-likeness (QED) is 0.0414. The minimum Gasteiger partial charge on any atom is -0.494 e. The molecule has 1 saturated carbocycles. The molecular formula is C66H80F2N2O6. The summed E-state index contributed by atoms with van der Waals surface area (Å²) < 4.78 is 63.8. The SMILES string of the molecule is CCC1(COCCCCCCOc2ccc(N(c3ccc(F)cc3)c3ccc(C4(c5ccc(N(c6ccc(F)cc6)c6ccc(OCCCCCCOCC7(CC)COC7)cc6)cc5)CCCCC4)cc3)cc2)COC1. The highest BCUT2D eigenvalue weighted by Crippen LogP contribution is 2.47. The summed E-state index contributed by atoms with van der Waals surface area (Å²) >= 11 is 0. The highest BCUT2D eigenvalue weighted by molar-refractivity contribution is 5.78. The van der Waals surface area contributed by atoms with Crippen LogP contribution in [0.5, 0.6) is 11.5 Å². The second-order valence-electron chi connectivity index (χ2n) is 21.7. The van der Waals surface area contributed by atoms with Crippen molar-refractivity contribution in [2.24, 2.45) is 10.8 Å². The van der Waals surface area contributed by atoms with Gasteiger partial charge in [0.15, 0.2) is 0 Å². The summed E-state index contributed by atoms with van der Waals surface area (Å²) in [6, 6.07) is 47.8. The van der Waals surface area contributed by atoms with Gasteiger partial charge in [-0.1, -0.05) is 70.2 Å². The number of rotatable bonds is 30. The zero-order chi connectivity index (χ0) is 52.5. The van der Waals surface area contributed by atoms with E-state index in [1.54, 1.807) is 0 Å². The van der Waals surface area contributed by atoms with Crippen LogP contribution in [-0.2, 0) is 24.4 Å². The molecule has 1 aliphatic carbocycles.